The average molecular weight is 284 g/mol. The van der Waals surface area contributed by atoms with Gasteiger partial charge in [0.25, 0.3) is 0 Å². The van der Waals surface area contributed by atoms with Gasteiger partial charge >= 0.3 is 0 Å². The molecule has 0 bridgehead atoms. The standard InChI is InChI=1S/C16H20N4O/c1-3-15(21)20(13-8-4-5-9-13)12(2)16-18-17-14-10-6-7-11-19(14)16/h3,6-7,10-13H,1,4-5,8-9H2,2H3. The Morgan fingerprint density at radius 3 is 2.90 bits per heavy atom. The molecule has 1 saturated carbocycles. The zero-order chi connectivity index (χ0) is 14.8. The van der Waals surface area contributed by atoms with Crippen molar-refractivity contribution in [2.45, 2.75) is 44.7 Å². The van der Waals surface area contributed by atoms with Crippen LogP contribution in [0, 0.1) is 0 Å². The molecule has 0 spiro atoms. The first-order valence-corrected chi connectivity index (χ1v) is 7.46. The van der Waals surface area contributed by atoms with Gasteiger partial charge in [0.2, 0.25) is 5.91 Å². The van der Waals surface area contributed by atoms with E-state index in [-0.39, 0.29) is 18.0 Å². The van der Waals surface area contributed by atoms with Gasteiger partial charge in [0.1, 0.15) is 0 Å². The Labute approximate surface area is 124 Å². The Balaban J connectivity index is 1.98. The van der Waals surface area contributed by atoms with Crippen LogP contribution >= 0.6 is 0 Å². The van der Waals surface area contributed by atoms with Gasteiger partial charge in [-0.05, 0) is 38.0 Å². The van der Waals surface area contributed by atoms with Gasteiger partial charge in [-0.25, -0.2) is 0 Å². The van der Waals surface area contributed by atoms with Gasteiger partial charge in [-0.3, -0.25) is 9.20 Å². The fourth-order valence-electron chi connectivity index (χ4n) is 3.24. The van der Waals surface area contributed by atoms with Gasteiger partial charge in [-0.2, -0.15) is 0 Å². The van der Waals surface area contributed by atoms with Crippen LogP contribution in [0.2, 0.25) is 0 Å². The highest BCUT2D eigenvalue weighted by molar-refractivity contribution is 5.87. The normalized spacial score (nSPS) is 17.0. The van der Waals surface area contributed by atoms with Crippen LogP contribution in [0.5, 0.6) is 0 Å². The largest absolute Gasteiger partial charge is 0.326 e. The van der Waals surface area contributed by atoms with Crippen LogP contribution in [0.25, 0.3) is 5.65 Å². The maximum Gasteiger partial charge on any atom is 0.246 e. The third-order valence-corrected chi connectivity index (χ3v) is 4.28. The van der Waals surface area contributed by atoms with Gasteiger partial charge in [0.15, 0.2) is 11.5 Å². The highest BCUT2D eigenvalue weighted by Gasteiger charge is 2.32. The quantitative estimate of drug-likeness (QED) is 0.811. The minimum atomic E-state index is -0.115. The molecular weight excluding hydrogens is 264 g/mol. The lowest BCUT2D eigenvalue weighted by Crippen LogP contribution is -2.40. The second kappa shape index (κ2) is 5.68. The van der Waals surface area contributed by atoms with E-state index in [0.717, 1.165) is 24.3 Å². The highest BCUT2D eigenvalue weighted by atomic mass is 16.2. The first-order valence-electron chi connectivity index (χ1n) is 7.46. The second-order valence-corrected chi connectivity index (χ2v) is 5.55. The van der Waals surface area contributed by atoms with Gasteiger partial charge < -0.3 is 4.90 Å². The fraction of sp³-hybridized carbons (Fsp3) is 0.438. The van der Waals surface area contributed by atoms with E-state index in [1.54, 1.807) is 0 Å². The summed E-state index contributed by atoms with van der Waals surface area (Å²) in [4.78, 5) is 14.2. The van der Waals surface area contributed by atoms with Crippen LogP contribution in [0.15, 0.2) is 37.1 Å². The van der Waals surface area contributed by atoms with Crippen molar-refractivity contribution in [1.29, 1.82) is 0 Å². The lowest BCUT2D eigenvalue weighted by molar-refractivity contribution is -0.130. The molecule has 2 heterocycles. The molecule has 0 aromatic carbocycles. The average Bonchev–Trinajstić information content (AvgIpc) is 3.16. The lowest BCUT2D eigenvalue weighted by atomic mass is 10.1. The van der Waals surface area contributed by atoms with E-state index >= 15 is 0 Å². The Kier molecular flexibility index (Phi) is 3.73. The Morgan fingerprint density at radius 1 is 1.43 bits per heavy atom. The summed E-state index contributed by atoms with van der Waals surface area (Å²) < 4.78 is 1.95. The summed E-state index contributed by atoms with van der Waals surface area (Å²) in [7, 11) is 0. The molecule has 3 rings (SSSR count). The summed E-state index contributed by atoms with van der Waals surface area (Å²) in [6.45, 7) is 5.66. The molecule has 2 aromatic heterocycles. The summed E-state index contributed by atoms with van der Waals surface area (Å²) in [5.74, 6) is 0.773. The predicted octanol–water partition coefficient (Wildman–Crippen LogP) is 2.75. The summed E-state index contributed by atoms with van der Waals surface area (Å²) in [5, 5.41) is 8.47. The molecule has 1 amide bonds. The molecule has 0 N–H and O–H groups in total. The Morgan fingerprint density at radius 2 is 2.19 bits per heavy atom. The van der Waals surface area contributed by atoms with E-state index in [1.807, 2.05) is 40.6 Å². The highest BCUT2D eigenvalue weighted by Crippen LogP contribution is 2.30. The first-order chi connectivity index (χ1) is 10.2. The second-order valence-electron chi connectivity index (χ2n) is 5.55. The molecule has 5 nitrogen and oxygen atoms in total. The zero-order valence-electron chi connectivity index (χ0n) is 12.3. The van der Waals surface area contributed by atoms with Crippen molar-refractivity contribution in [2.75, 3.05) is 0 Å². The lowest BCUT2D eigenvalue weighted by Gasteiger charge is -2.32. The molecule has 1 aliphatic carbocycles. The summed E-state index contributed by atoms with van der Waals surface area (Å²) >= 11 is 0. The molecule has 1 unspecified atom stereocenters. The number of carbonyl (C=O) groups is 1. The maximum absolute atomic E-state index is 12.3. The molecule has 0 radical (unpaired) electrons. The summed E-state index contributed by atoms with van der Waals surface area (Å²) in [5.41, 5.74) is 0.803. The van der Waals surface area contributed by atoms with Gasteiger partial charge in [0.05, 0.1) is 6.04 Å². The minimum absolute atomic E-state index is 0.0259. The van der Waals surface area contributed by atoms with Crippen LogP contribution in [0.4, 0.5) is 0 Å². The Hall–Kier alpha value is -2.17. The third-order valence-electron chi connectivity index (χ3n) is 4.28. The van der Waals surface area contributed by atoms with E-state index in [2.05, 4.69) is 16.8 Å². The molecule has 1 fully saturated rings. The molecule has 2 aromatic rings. The van der Waals surface area contributed by atoms with Gasteiger partial charge in [-0.1, -0.05) is 25.5 Å². The molecule has 110 valence electrons. The van der Waals surface area contributed by atoms with Crippen molar-refractivity contribution >= 4 is 11.6 Å². The molecule has 1 aliphatic rings. The predicted molar refractivity (Wildman–Crippen MR) is 80.7 cm³/mol. The van der Waals surface area contributed by atoms with Crippen molar-refractivity contribution in [1.82, 2.24) is 19.5 Å². The van der Waals surface area contributed by atoms with E-state index in [4.69, 9.17) is 0 Å². The molecule has 5 heteroatoms. The van der Waals surface area contributed by atoms with Crippen molar-refractivity contribution in [2.24, 2.45) is 0 Å². The monoisotopic (exact) mass is 284 g/mol. The van der Waals surface area contributed by atoms with Crippen molar-refractivity contribution in [3.63, 3.8) is 0 Å². The minimum Gasteiger partial charge on any atom is -0.326 e. The number of nitrogens with zero attached hydrogens (tertiary/aromatic N) is 4. The van der Waals surface area contributed by atoms with Gasteiger partial charge in [-0.15, -0.1) is 10.2 Å². The third kappa shape index (κ3) is 2.44. The van der Waals surface area contributed by atoms with Gasteiger partial charge in [0, 0.05) is 12.2 Å². The smallest absolute Gasteiger partial charge is 0.246 e. The number of amides is 1. The molecule has 0 saturated heterocycles. The number of aromatic nitrogens is 3. The Bertz CT molecular complexity index is 657. The molecule has 0 aliphatic heterocycles. The first kappa shape index (κ1) is 13.8. The number of hydrogen-bond donors (Lipinski definition) is 0. The van der Waals surface area contributed by atoms with E-state index in [9.17, 15) is 4.79 Å². The van der Waals surface area contributed by atoms with Crippen LogP contribution in [-0.4, -0.2) is 31.4 Å². The van der Waals surface area contributed by atoms with Crippen LogP contribution in [-0.2, 0) is 4.79 Å². The summed E-state index contributed by atoms with van der Waals surface area (Å²) in [6, 6.07) is 5.96. The van der Waals surface area contributed by atoms with E-state index in [0.29, 0.717) is 0 Å². The van der Waals surface area contributed by atoms with Crippen molar-refractivity contribution < 1.29 is 4.79 Å². The maximum atomic E-state index is 12.3. The fourth-order valence-corrected chi connectivity index (χ4v) is 3.24. The number of fused-ring (bicyclic) bond motifs is 1. The van der Waals surface area contributed by atoms with Crippen molar-refractivity contribution in [3.05, 3.63) is 42.9 Å². The molecular formula is C16H20N4O. The van der Waals surface area contributed by atoms with Crippen LogP contribution in [0.1, 0.15) is 44.5 Å². The van der Waals surface area contributed by atoms with E-state index in [1.165, 1.54) is 18.9 Å². The molecule has 21 heavy (non-hydrogen) atoms. The van der Waals surface area contributed by atoms with Crippen LogP contribution in [0.3, 0.4) is 0 Å². The number of rotatable bonds is 4. The zero-order valence-corrected chi connectivity index (χ0v) is 12.3. The van der Waals surface area contributed by atoms with E-state index < -0.39 is 0 Å². The SMILES string of the molecule is C=CC(=O)N(C1CCCC1)C(C)c1nnc2ccccn12. The van der Waals surface area contributed by atoms with Crippen molar-refractivity contribution in [3.8, 4) is 0 Å². The number of pyridine rings is 1. The summed E-state index contributed by atoms with van der Waals surface area (Å²) in [6.07, 6.45) is 7.81. The topological polar surface area (TPSA) is 50.5 Å². The molecule has 1 atom stereocenters. The number of hydrogen-bond acceptors (Lipinski definition) is 3. The number of carbonyl (C=O) groups excluding carboxylic acids is 1. The van der Waals surface area contributed by atoms with Crippen LogP contribution < -0.4 is 0 Å².